The van der Waals surface area contributed by atoms with E-state index in [4.69, 9.17) is 11.6 Å². The molecule has 27 heavy (non-hydrogen) atoms. The third-order valence-electron chi connectivity index (χ3n) is 4.91. The van der Waals surface area contributed by atoms with Crippen LogP contribution in [0, 0.1) is 5.41 Å². The highest BCUT2D eigenvalue weighted by atomic mass is 35.5. The fourth-order valence-corrected chi connectivity index (χ4v) is 3.37. The van der Waals surface area contributed by atoms with Crippen molar-refractivity contribution >= 4 is 28.5 Å². The van der Waals surface area contributed by atoms with Gasteiger partial charge in [0.05, 0.1) is 5.52 Å². The van der Waals surface area contributed by atoms with Crippen molar-refractivity contribution in [1.29, 1.82) is 0 Å². The summed E-state index contributed by atoms with van der Waals surface area (Å²) in [4.78, 5) is 12.9. The van der Waals surface area contributed by atoms with Gasteiger partial charge in [0.1, 0.15) is 11.7 Å². The third kappa shape index (κ3) is 4.30. The average molecular weight is 385 g/mol. The van der Waals surface area contributed by atoms with Crippen LogP contribution < -0.4 is 5.32 Å². The van der Waals surface area contributed by atoms with E-state index in [9.17, 15) is 4.79 Å². The Bertz CT molecular complexity index is 917. The van der Waals surface area contributed by atoms with Gasteiger partial charge in [-0.05, 0) is 42.8 Å². The number of aromatic nitrogens is 3. The molecule has 6 heteroatoms. The van der Waals surface area contributed by atoms with Gasteiger partial charge in [0.2, 0.25) is 0 Å². The van der Waals surface area contributed by atoms with Crippen LogP contribution in [-0.2, 0) is 0 Å². The lowest BCUT2D eigenvalue weighted by Crippen LogP contribution is -2.42. The van der Waals surface area contributed by atoms with Gasteiger partial charge in [0, 0.05) is 16.0 Å². The van der Waals surface area contributed by atoms with Crippen molar-refractivity contribution in [3.05, 3.63) is 59.1 Å². The molecule has 2 aromatic carbocycles. The summed E-state index contributed by atoms with van der Waals surface area (Å²) in [7, 11) is 0. The van der Waals surface area contributed by atoms with Crippen molar-refractivity contribution in [1.82, 2.24) is 20.3 Å². The lowest BCUT2D eigenvalue weighted by Gasteiger charge is -2.35. The lowest BCUT2D eigenvalue weighted by molar-refractivity contribution is 0.0806. The molecule has 3 rings (SSSR count). The molecule has 0 radical (unpaired) electrons. The monoisotopic (exact) mass is 384 g/mol. The first-order valence-corrected chi connectivity index (χ1v) is 9.66. The molecule has 0 bridgehead atoms. The molecule has 1 atom stereocenters. The van der Waals surface area contributed by atoms with Gasteiger partial charge in [-0.2, -0.15) is 0 Å². The number of para-hydroxylation sites is 1. The Morgan fingerprint density at radius 1 is 1.19 bits per heavy atom. The van der Waals surface area contributed by atoms with Crippen LogP contribution in [0.25, 0.3) is 11.0 Å². The fraction of sp³-hybridized carbons (Fsp3) is 0.381. The van der Waals surface area contributed by atoms with Gasteiger partial charge in [0.25, 0.3) is 5.91 Å². The molecular formula is C21H25ClN4O. The Labute approximate surface area is 164 Å². The first-order chi connectivity index (χ1) is 12.9. The van der Waals surface area contributed by atoms with E-state index in [1.165, 1.54) is 0 Å². The zero-order chi connectivity index (χ0) is 19.4. The molecule has 0 fully saturated rings. The number of nitrogens with zero attached hydrogens (tertiary/aromatic N) is 3. The number of rotatable bonds is 7. The summed E-state index contributed by atoms with van der Waals surface area (Å²) in [6, 6.07) is 14.7. The molecule has 5 nitrogen and oxygen atoms in total. The standard InChI is InChI=1S/C21H25ClN4O/c1-4-5-14-21(2,3)20(23-19(27)15-10-12-16(22)13-11-15)26-18-9-7-6-8-17(18)24-25-26/h6-13,20H,4-5,14H2,1-3H3,(H,23,27). The van der Waals surface area contributed by atoms with Gasteiger partial charge in [-0.15, -0.1) is 5.10 Å². The van der Waals surface area contributed by atoms with Crippen LogP contribution in [0.1, 0.15) is 56.6 Å². The molecule has 1 unspecified atom stereocenters. The van der Waals surface area contributed by atoms with Gasteiger partial charge in [-0.3, -0.25) is 4.79 Å². The smallest absolute Gasteiger partial charge is 0.252 e. The highest BCUT2D eigenvalue weighted by Crippen LogP contribution is 2.35. The van der Waals surface area contributed by atoms with Crippen LogP contribution in [-0.4, -0.2) is 20.9 Å². The van der Waals surface area contributed by atoms with Crippen LogP contribution in [0.2, 0.25) is 5.02 Å². The molecule has 3 aromatic rings. The number of benzene rings is 2. The summed E-state index contributed by atoms with van der Waals surface area (Å²) in [6.07, 6.45) is 2.81. The summed E-state index contributed by atoms with van der Waals surface area (Å²) in [5.41, 5.74) is 2.09. The van der Waals surface area contributed by atoms with E-state index >= 15 is 0 Å². The fourth-order valence-electron chi connectivity index (χ4n) is 3.24. The number of unbranched alkanes of at least 4 members (excludes halogenated alkanes) is 1. The number of carbonyl (C=O) groups is 1. The largest absolute Gasteiger partial charge is 0.330 e. The second-order valence-corrected chi connectivity index (χ2v) is 7.93. The minimum absolute atomic E-state index is 0.152. The maximum atomic E-state index is 12.9. The minimum Gasteiger partial charge on any atom is -0.330 e. The Balaban J connectivity index is 1.97. The third-order valence-corrected chi connectivity index (χ3v) is 5.16. The number of hydrogen-bond donors (Lipinski definition) is 1. The van der Waals surface area contributed by atoms with Crippen molar-refractivity contribution in [2.24, 2.45) is 5.41 Å². The summed E-state index contributed by atoms with van der Waals surface area (Å²) in [6.45, 7) is 6.49. The summed E-state index contributed by atoms with van der Waals surface area (Å²) in [5.74, 6) is -0.152. The molecule has 142 valence electrons. The topological polar surface area (TPSA) is 59.8 Å². The quantitative estimate of drug-likeness (QED) is 0.606. The number of amides is 1. The van der Waals surface area contributed by atoms with Crippen LogP contribution in [0.5, 0.6) is 0 Å². The molecule has 1 heterocycles. The number of carbonyl (C=O) groups excluding carboxylic acids is 1. The molecule has 0 aliphatic carbocycles. The van der Waals surface area contributed by atoms with E-state index in [-0.39, 0.29) is 17.5 Å². The normalized spacial score (nSPS) is 12.9. The molecule has 0 spiro atoms. The van der Waals surface area contributed by atoms with Gasteiger partial charge in [0.15, 0.2) is 0 Å². The van der Waals surface area contributed by atoms with Gasteiger partial charge in [-0.1, -0.05) is 62.6 Å². The molecule has 0 aliphatic rings. The molecule has 0 saturated carbocycles. The first-order valence-electron chi connectivity index (χ1n) is 9.29. The van der Waals surface area contributed by atoms with Crippen molar-refractivity contribution in [2.75, 3.05) is 0 Å². The minimum atomic E-state index is -0.320. The van der Waals surface area contributed by atoms with Crippen LogP contribution >= 0.6 is 11.6 Å². The van der Waals surface area contributed by atoms with E-state index in [1.807, 2.05) is 28.9 Å². The van der Waals surface area contributed by atoms with Crippen LogP contribution in [0.15, 0.2) is 48.5 Å². The van der Waals surface area contributed by atoms with Crippen molar-refractivity contribution in [3.8, 4) is 0 Å². The Morgan fingerprint density at radius 3 is 2.59 bits per heavy atom. The van der Waals surface area contributed by atoms with E-state index in [2.05, 4.69) is 36.4 Å². The highest BCUT2D eigenvalue weighted by Gasteiger charge is 2.34. The molecule has 0 saturated heterocycles. The molecule has 0 aliphatic heterocycles. The Hall–Kier alpha value is -2.40. The first kappa shape index (κ1) is 19.4. The Morgan fingerprint density at radius 2 is 1.89 bits per heavy atom. The molecule has 1 aromatic heterocycles. The number of halogens is 1. The highest BCUT2D eigenvalue weighted by molar-refractivity contribution is 6.30. The van der Waals surface area contributed by atoms with Crippen LogP contribution in [0.4, 0.5) is 0 Å². The average Bonchev–Trinajstić information content (AvgIpc) is 3.08. The second kappa shape index (κ2) is 8.09. The van der Waals surface area contributed by atoms with Crippen LogP contribution in [0.3, 0.4) is 0 Å². The number of fused-ring (bicyclic) bond motifs is 1. The predicted molar refractivity (Wildman–Crippen MR) is 109 cm³/mol. The zero-order valence-electron chi connectivity index (χ0n) is 15.9. The lowest BCUT2D eigenvalue weighted by atomic mass is 9.83. The van der Waals surface area contributed by atoms with Crippen molar-refractivity contribution in [3.63, 3.8) is 0 Å². The van der Waals surface area contributed by atoms with E-state index in [0.29, 0.717) is 10.6 Å². The maximum Gasteiger partial charge on any atom is 0.252 e. The van der Waals surface area contributed by atoms with E-state index < -0.39 is 0 Å². The Kier molecular flexibility index (Phi) is 5.80. The summed E-state index contributed by atoms with van der Waals surface area (Å²) in [5, 5.41) is 12.4. The van der Waals surface area contributed by atoms with E-state index in [0.717, 1.165) is 30.3 Å². The molecule has 1 N–H and O–H groups in total. The molecular weight excluding hydrogens is 360 g/mol. The van der Waals surface area contributed by atoms with E-state index in [1.54, 1.807) is 24.3 Å². The maximum absolute atomic E-state index is 12.9. The second-order valence-electron chi connectivity index (χ2n) is 7.50. The van der Waals surface area contributed by atoms with Crippen molar-refractivity contribution < 1.29 is 4.79 Å². The van der Waals surface area contributed by atoms with Gasteiger partial charge in [-0.25, -0.2) is 4.68 Å². The predicted octanol–water partition coefficient (Wildman–Crippen LogP) is 5.23. The summed E-state index contributed by atoms with van der Waals surface area (Å²) >= 11 is 5.94. The van der Waals surface area contributed by atoms with Gasteiger partial charge >= 0.3 is 0 Å². The SMILES string of the molecule is CCCCC(C)(C)C(NC(=O)c1ccc(Cl)cc1)n1nnc2ccccc21. The zero-order valence-corrected chi connectivity index (χ0v) is 16.7. The summed E-state index contributed by atoms with van der Waals surface area (Å²) < 4.78 is 1.83. The number of nitrogens with one attached hydrogen (secondary N) is 1. The van der Waals surface area contributed by atoms with Gasteiger partial charge < -0.3 is 5.32 Å². The number of hydrogen-bond acceptors (Lipinski definition) is 3. The van der Waals surface area contributed by atoms with Crippen molar-refractivity contribution in [2.45, 2.75) is 46.2 Å². The molecule has 1 amide bonds.